The van der Waals surface area contributed by atoms with Crippen molar-refractivity contribution in [2.45, 2.75) is 31.8 Å². The van der Waals surface area contributed by atoms with Crippen LogP contribution < -0.4 is 15.0 Å². The Bertz CT molecular complexity index is 1420. The van der Waals surface area contributed by atoms with E-state index in [0.29, 0.717) is 35.5 Å². The summed E-state index contributed by atoms with van der Waals surface area (Å²) in [6.45, 7) is 3.79. The molecule has 3 aromatic carbocycles. The Labute approximate surface area is 201 Å². The van der Waals surface area contributed by atoms with Crippen LogP contribution in [0.2, 0.25) is 5.02 Å². The Balaban J connectivity index is 1.59. The van der Waals surface area contributed by atoms with Crippen molar-refractivity contribution in [3.63, 3.8) is 0 Å². The van der Waals surface area contributed by atoms with Crippen molar-refractivity contribution in [2.24, 2.45) is 0 Å². The molecule has 2 fully saturated rings. The van der Waals surface area contributed by atoms with Crippen molar-refractivity contribution < 1.29 is 14.2 Å². The van der Waals surface area contributed by atoms with E-state index in [9.17, 15) is 5.11 Å². The van der Waals surface area contributed by atoms with E-state index in [2.05, 4.69) is 20.2 Å². The van der Waals surface area contributed by atoms with Crippen LogP contribution in [-0.4, -0.2) is 46.9 Å². The number of nitrogens with one attached hydrogen (secondary N) is 1. The molecule has 6 nitrogen and oxygen atoms in total. The molecule has 2 unspecified atom stereocenters. The second-order valence-corrected chi connectivity index (χ2v) is 9.37. The maximum Gasteiger partial charge on any atom is 0.319 e. The summed E-state index contributed by atoms with van der Waals surface area (Å²) in [5, 5.41) is 16.3. The van der Waals surface area contributed by atoms with Gasteiger partial charge in [0.05, 0.1) is 11.6 Å². The van der Waals surface area contributed by atoms with Crippen molar-refractivity contribution in [2.75, 3.05) is 24.6 Å². The van der Waals surface area contributed by atoms with Gasteiger partial charge in [0.25, 0.3) is 0 Å². The van der Waals surface area contributed by atoms with Crippen molar-refractivity contribution in [1.29, 1.82) is 0 Å². The first kappa shape index (κ1) is 21.4. The molecule has 8 heteroatoms. The first-order valence-electron chi connectivity index (χ1n) is 11.6. The molecule has 34 heavy (non-hydrogen) atoms. The summed E-state index contributed by atoms with van der Waals surface area (Å²) in [4.78, 5) is 11.3. The number of hydrogen-bond donors (Lipinski definition) is 2. The largest absolute Gasteiger partial charge is 0.508 e. The molecule has 0 spiro atoms. The lowest BCUT2D eigenvalue weighted by Gasteiger charge is -2.34. The van der Waals surface area contributed by atoms with Crippen molar-refractivity contribution in [3.05, 3.63) is 53.3 Å². The highest BCUT2D eigenvalue weighted by Gasteiger charge is 2.34. The number of rotatable bonds is 4. The number of fused-ring (bicyclic) bond motifs is 4. The van der Waals surface area contributed by atoms with Gasteiger partial charge >= 0.3 is 6.01 Å². The third-order valence-electron chi connectivity index (χ3n) is 6.75. The van der Waals surface area contributed by atoms with Crippen LogP contribution in [0.15, 0.2) is 42.5 Å². The molecule has 0 saturated carbocycles. The summed E-state index contributed by atoms with van der Waals surface area (Å²) in [5.74, 6) is 0.125. The zero-order chi connectivity index (χ0) is 23.4. The lowest BCUT2D eigenvalue weighted by Crippen LogP contribution is -2.51. The predicted molar refractivity (Wildman–Crippen MR) is 132 cm³/mol. The van der Waals surface area contributed by atoms with Crippen LogP contribution in [0, 0.1) is 5.82 Å². The van der Waals surface area contributed by atoms with Crippen molar-refractivity contribution >= 4 is 39.1 Å². The molecule has 6 rings (SSSR count). The van der Waals surface area contributed by atoms with E-state index in [0.717, 1.165) is 36.7 Å². The van der Waals surface area contributed by atoms with Gasteiger partial charge in [-0.05, 0) is 54.3 Å². The van der Waals surface area contributed by atoms with Crippen LogP contribution in [0.4, 0.5) is 10.2 Å². The normalized spacial score (nSPS) is 19.8. The predicted octanol–water partition coefficient (Wildman–Crippen LogP) is 5.29. The second-order valence-electron chi connectivity index (χ2n) is 8.96. The molecule has 0 amide bonds. The number of phenolic OH excluding ortho intramolecular Hbond substituents is 1. The van der Waals surface area contributed by atoms with Crippen LogP contribution in [-0.2, 0) is 0 Å². The van der Waals surface area contributed by atoms with E-state index in [1.165, 1.54) is 6.07 Å². The molecule has 2 atom stereocenters. The molecular weight excluding hydrogens is 455 g/mol. The summed E-state index contributed by atoms with van der Waals surface area (Å²) in [6.07, 6.45) is 2.23. The van der Waals surface area contributed by atoms with Crippen LogP contribution in [0.5, 0.6) is 11.8 Å². The Morgan fingerprint density at radius 2 is 1.88 bits per heavy atom. The Morgan fingerprint density at radius 1 is 1.12 bits per heavy atom. The number of hydrogen-bond acceptors (Lipinski definition) is 6. The average Bonchev–Trinajstić information content (AvgIpc) is 3.16. The van der Waals surface area contributed by atoms with Gasteiger partial charge in [-0.3, -0.25) is 0 Å². The second kappa shape index (κ2) is 8.25. The number of anilines is 1. The average molecular weight is 479 g/mol. The quantitative estimate of drug-likeness (QED) is 0.415. The highest BCUT2D eigenvalue weighted by atomic mass is 35.5. The number of ether oxygens (including phenoxy) is 1. The zero-order valence-electron chi connectivity index (χ0n) is 18.7. The molecule has 2 N–H and O–H groups in total. The lowest BCUT2D eigenvalue weighted by molar-refractivity contribution is 0.313. The van der Waals surface area contributed by atoms with Gasteiger partial charge in [-0.2, -0.15) is 9.97 Å². The van der Waals surface area contributed by atoms with Crippen molar-refractivity contribution in [1.82, 2.24) is 15.3 Å². The van der Waals surface area contributed by atoms with Crippen molar-refractivity contribution in [3.8, 4) is 22.9 Å². The fraction of sp³-hybridized carbons (Fsp3) is 0.308. The van der Waals surface area contributed by atoms with E-state index in [-0.39, 0.29) is 27.9 Å². The highest BCUT2D eigenvalue weighted by molar-refractivity contribution is 6.35. The zero-order valence-corrected chi connectivity index (χ0v) is 19.4. The van der Waals surface area contributed by atoms with Gasteiger partial charge in [0, 0.05) is 36.1 Å². The van der Waals surface area contributed by atoms with E-state index in [4.69, 9.17) is 16.3 Å². The summed E-state index contributed by atoms with van der Waals surface area (Å²) in [5.41, 5.74) is 0.873. The standard InChI is InChI=1S/C26H24ClFN4O2/c1-2-34-26-30-24-20(25(31-26)32-12-15-7-8-16(13-32)29-15)11-21(27)22(23(24)28)19-10-17(33)9-14-5-3-4-6-18(14)19/h3-6,9-11,15-16,29,33H,2,7-8,12-13H2,1H3. The molecule has 0 radical (unpaired) electrons. The Hall–Kier alpha value is -3.16. The number of halogens is 2. The number of aromatic nitrogens is 2. The van der Waals surface area contributed by atoms with E-state index < -0.39 is 5.82 Å². The van der Waals surface area contributed by atoms with Crippen LogP contribution >= 0.6 is 11.6 Å². The van der Waals surface area contributed by atoms with E-state index in [1.807, 2.05) is 31.2 Å². The minimum Gasteiger partial charge on any atom is -0.508 e. The number of phenols is 1. The van der Waals surface area contributed by atoms with Gasteiger partial charge in [0.2, 0.25) is 0 Å². The lowest BCUT2D eigenvalue weighted by atomic mass is 9.96. The fourth-order valence-corrected chi connectivity index (χ4v) is 5.61. The number of benzene rings is 3. The number of piperazine rings is 1. The molecule has 3 heterocycles. The Kier molecular flexibility index (Phi) is 5.19. The first-order valence-corrected chi connectivity index (χ1v) is 11.9. The molecular formula is C26H24ClFN4O2. The van der Waals surface area contributed by atoms with Crippen LogP contribution in [0.3, 0.4) is 0 Å². The van der Waals surface area contributed by atoms with Gasteiger partial charge in [0.1, 0.15) is 17.1 Å². The van der Waals surface area contributed by atoms with Gasteiger partial charge in [0.15, 0.2) is 5.82 Å². The van der Waals surface area contributed by atoms with E-state index in [1.54, 1.807) is 12.1 Å². The summed E-state index contributed by atoms with van der Waals surface area (Å²) < 4.78 is 21.9. The van der Waals surface area contributed by atoms with E-state index >= 15 is 4.39 Å². The third kappa shape index (κ3) is 3.51. The highest BCUT2D eigenvalue weighted by Crippen LogP contribution is 2.42. The summed E-state index contributed by atoms with van der Waals surface area (Å²) in [7, 11) is 0. The fourth-order valence-electron chi connectivity index (χ4n) is 5.31. The van der Waals surface area contributed by atoms with Gasteiger partial charge < -0.3 is 20.1 Å². The minimum atomic E-state index is -0.555. The Morgan fingerprint density at radius 3 is 2.65 bits per heavy atom. The SMILES string of the molecule is CCOc1nc(N2CC3CCC(C2)N3)c2cc(Cl)c(-c3cc(O)cc4ccccc34)c(F)c2n1. The van der Waals surface area contributed by atoms with Gasteiger partial charge in [-0.25, -0.2) is 4.39 Å². The third-order valence-corrected chi connectivity index (χ3v) is 7.05. The molecule has 1 aromatic heterocycles. The maximum atomic E-state index is 16.3. The molecule has 4 aromatic rings. The van der Waals surface area contributed by atoms with Crippen LogP contribution in [0.25, 0.3) is 32.8 Å². The molecule has 174 valence electrons. The molecule has 2 aliphatic rings. The maximum absolute atomic E-state index is 16.3. The van der Waals surface area contributed by atoms with Crippen LogP contribution in [0.1, 0.15) is 19.8 Å². The summed E-state index contributed by atoms with van der Waals surface area (Å²) in [6, 6.07) is 13.4. The molecule has 0 aliphatic carbocycles. The van der Waals surface area contributed by atoms with Gasteiger partial charge in [-0.1, -0.05) is 35.9 Å². The topological polar surface area (TPSA) is 70.5 Å². The number of nitrogens with zero attached hydrogens (tertiary/aromatic N) is 3. The molecule has 2 aliphatic heterocycles. The molecule has 2 saturated heterocycles. The smallest absolute Gasteiger partial charge is 0.319 e. The molecule has 2 bridgehead atoms. The monoisotopic (exact) mass is 478 g/mol. The summed E-state index contributed by atoms with van der Waals surface area (Å²) >= 11 is 6.74. The first-order chi connectivity index (χ1) is 16.5. The number of aromatic hydroxyl groups is 1. The van der Waals surface area contributed by atoms with Gasteiger partial charge in [-0.15, -0.1) is 0 Å². The minimum absolute atomic E-state index is 0.0407.